The lowest BCUT2D eigenvalue weighted by molar-refractivity contribution is -0.144. The highest BCUT2D eigenvalue weighted by Gasteiger charge is 2.70. The molecule has 1 spiro atoms. The first-order valence-electron chi connectivity index (χ1n) is 19.2. The van der Waals surface area contributed by atoms with Gasteiger partial charge in [0.2, 0.25) is 0 Å². The molecule has 0 aliphatic heterocycles. The fraction of sp³-hybridized carbons (Fsp3) is 0.240. The van der Waals surface area contributed by atoms with Gasteiger partial charge in [0.1, 0.15) is 0 Å². The van der Waals surface area contributed by atoms with Crippen molar-refractivity contribution in [3.05, 3.63) is 162 Å². The molecule has 3 saturated carbocycles. The van der Waals surface area contributed by atoms with Crippen LogP contribution >= 0.6 is 0 Å². The maximum Gasteiger partial charge on any atom is 0.0543 e. The van der Waals surface area contributed by atoms with Crippen LogP contribution in [-0.4, -0.2) is 0 Å². The molecular weight excluding hydrogens is 615 g/mol. The van der Waals surface area contributed by atoms with E-state index < -0.39 is 0 Å². The van der Waals surface area contributed by atoms with Gasteiger partial charge in [0, 0.05) is 22.4 Å². The van der Waals surface area contributed by atoms with E-state index in [1.54, 1.807) is 11.1 Å². The van der Waals surface area contributed by atoms with E-state index in [-0.39, 0.29) is 5.41 Å². The first-order valence-corrected chi connectivity index (χ1v) is 19.2. The molecule has 0 heterocycles. The average molecular weight is 656 g/mol. The molecule has 3 fully saturated rings. The van der Waals surface area contributed by atoms with Crippen molar-refractivity contribution in [2.24, 2.45) is 17.3 Å². The second-order valence-corrected chi connectivity index (χ2v) is 16.9. The van der Waals surface area contributed by atoms with E-state index in [0.717, 1.165) is 11.8 Å². The first kappa shape index (κ1) is 28.5. The van der Waals surface area contributed by atoms with E-state index in [2.05, 4.69) is 158 Å². The molecule has 1 nitrogen and oxygen atoms in total. The lowest BCUT2D eigenvalue weighted by atomic mass is 9.37. The predicted molar refractivity (Wildman–Crippen MR) is 212 cm³/mol. The van der Waals surface area contributed by atoms with E-state index in [1.165, 1.54) is 97.7 Å². The van der Waals surface area contributed by atoms with Crippen molar-refractivity contribution < 1.29 is 0 Å². The third kappa shape index (κ3) is 3.57. The summed E-state index contributed by atoms with van der Waals surface area (Å²) in [6, 6.07) is 53.7. The van der Waals surface area contributed by atoms with Gasteiger partial charge in [-0.15, -0.1) is 0 Å². The molecule has 5 aliphatic carbocycles. The summed E-state index contributed by atoms with van der Waals surface area (Å²) in [6.07, 6.45) is 5.57. The highest BCUT2D eigenvalue weighted by Crippen LogP contribution is 2.80. The number of hydrogen-bond acceptors (Lipinski definition) is 1. The maximum atomic E-state index is 2.61. The molecule has 7 aromatic carbocycles. The van der Waals surface area contributed by atoms with Gasteiger partial charge in [0.25, 0.3) is 0 Å². The van der Waals surface area contributed by atoms with E-state index >= 15 is 0 Å². The van der Waals surface area contributed by atoms with Crippen LogP contribution in [0.4, 0.5) is 17.1 Å². The van der Waals surface area contributed by atoms with Crippen molar-refractivity contribution in [3.63, 3.8) is 0 Å². The molecule has 12 rings (SSSR count). The number of hydrogen-bond donors (Lipinski definition) is 0. The quantitative estimate of drug-likeness (QED) is 0.171. The van der Waals surface area contributed by atoms with Gasteiger partial charge in [-0.2, -0.15) is 0 Å². The molecule has 2 bridgehead atoms. The highest BCUT2D eigenvalue weighted by molar-refractivity contribution is 6.09. The largest absolute Gasteiger partial charge is 0.310 e. The van der Waals surface area contributed by atoms with Crippen molar-refractivity contribution in [3.8, 4) is 22.3 Å². The molecule has 0 aromatic heterocycles. The van der Waals surface area contributed by atoms with Crippen LogP contribution in [-0.2, 0) is 5.41 Å². The Labute approximate surface area is 300 Å². The number of fused-ring (bicyclic) bond motifs is 12. The molecule has 0 saturated heterocycles. The molecule has 0 amide bonds. The zero-order valence-corrected chi connectivity index (χ0v) is 29.4. The Bertz CT molecular complexity index is 2630. The summed E-state index contributed by atoms with van der Waals surface area (Å²) in [5.74, 6) is 3.14. The van der Waals surface area contributed by atoms with Crippen LogP contribution in [0.5, 0.6) is 0 Å². The second kappa shape index (κ2) is 9.80. The van der Waals surface area contributed by atoms with Crippen LogP contribution in [0.15, 0.2) is 140 Å². The summed E-state index contributed by atoms with van der Waals surface area (Å²) >= 11 is 0. The van der Waals surface area contributed by atoms with Gasteiger partial charge >= 0.3 is 0 Å². The fourth-order valence-electron chi connectivity index (χ4n) is 12.3. The molecule has 5 atom stereocenters. The molecule has 0 radical (unpaired) electrons. The lowest BCUT2D eigenvalue weighted by Crippen LogP contribution is -2.59. The highest BCUT2D eigenvalue weighted by atomic mass is 15.1. The molecule has 5 aliphatic rings. The third-order valence-corrected chi connectivity index (χ3v) is 14.6. The van der Waals surface area contributed by atoms with Gasteiger partial charge in [-0.3, -0.25) is 0 Å². The van der Waals surface area contributed by atoms with Crippen LogP contribution in [0.1, 0.15) is 73.6 Å². The Morgan fingerprint density at radius 3 is 2.16 bits per heavy atom. The minimum absolute atomic E-state index is 0.0768. The number of rotatable bonds is 3. The Balaban J connectivity index is 1.13. The SMILES string of the molecule is CC1(C)c2ccccc2-c2ccc(N(c3ccc4c(ccc5ccccc54)c3)c3cccc4c3-c3ccccc3C3CC5CC6CC4C56C3)cc21. The van der Waals surface area contributed by atoms with E-state index in [1.807, 2.05) is 0 Å². The lowest BCUT2D eigenvalue weighted by Gasteiger charge is -2.67. The summed E-state index contributed by atoms with van der Waals surface area (Å²) in [6.45, 7) is 4.80. The Morgan fingerprint density at radius 2 is 1.24 bits per heavy atom. The minimum Gasteiger partial charge on any atom is -0.310 e. The van der Waals surface area contributed by atoms with Gasteiger partial charge in [-0.1, -0.05) is 123 Å². The van der Waals surface area contributed by atoms with Crippen LogP contribution in [0.25, 0.3) is 43.8 Å². The summed E-state index contributed by atoms with van der Waals surface area (Å²) in [7, 11) is 0. The Kier molecular flexibility index (Phi) is 5.48. The van der Waals surface area contributed by atoms with Crippen LogP contribution in [0.2, 0.25) is 0 Å². The summed E-state index contributed by atoms with van der Waals surface area (Å²) in [5.41, 5.74) is 15.9. The van der Waals surface area contributed by atoms with Crippen LogP contribution in [0, 0.1) is 17.3 Å². The van der Waals surface area contributed by atoms with Crippen molar-refractivity contribution in [1.29, 1.82) is 0 Å². The molecule has 0 N–H and O–H groups in total. The molecule has 1 heteroatoms. The molecule has 7 aromatic rings. The summed E-state index contributed by atoms with van der Waals surface area (Å²) in [5, 5.41) is 5.19. The van der Waals surface area contributed by atoms with Crippen LogP contribution < -0.4 is 4.90 Å². The van der Waals surface area contributed by atoms with Crippen molar-refractivity contribution in [1.82, 2.24) is 0 Å². The summed E-state index contributed by atoms with van der Waals surface area (Å²) in [4.78, 5) is 2.61. The fourth-order valence-corrected chi connectivity index (χ4v) is 12.3. The van der Waals surface area contributed by atoms with E-state index in [9.17, 15) is 0 Å². The molecule has 246 valence electrons. The second-order valence-electron chi connectivity index (χ2n) is 16.9. The molecule has 5 unspecified atom stereocenters. The van der Waals surface area contributed by atoms with Crippen molar-refractivity contribution >= 4 is 38.6 Å². The smallest absolute Gasteiger partial charge is 0.0543 e. The Hall–Kier alpha value is -5.14. The summed E-state index contributed by atoms with van der Waals surface area (Å²) < 4.78 is 0. The monoisotopic (exact) mass is 655 g/mol. The van der Waals surface area contributed by atoms with E-state index in [0.29, 0.717) is 17.3 Å². The van der Waals surface area contributed by atoms with Gasteiger partial charge in [0.05, 0.1) is 5.69 Å². The normalized spacial score (nSPS) is 25.4. The standard InChI is InChI=1S/C50H41N/c1-49(2)44-16-8-7-13-40(44)41-23-21-36(28-45(41)49)51(35-20-22-39-31(25-35)19-18-30-10-3-4-11-37(30)39)47-17-9-15-43-46-27-34-26-33-24-32(29-50(33,34)46)38-12-5-6-14-42(38)48(43)47/h3-23,25,28,32-34,46H,24,26-27,29H2,1-2H3. The first-order chi connectivity index (χ1) is 25.0. The molecular formula is C50H41N. The minimum atomic E-state index is -0.0768. The number of nitrogens with zero attached hydrogens (tertiary/aromatic N) is 1. The van der Waals surface area contributed by atoms with Crippen molar-refractivity contribution in [2.75, 3.05) is 4.90 Å². The van der Waals surface area contributed by atoms with Crippen LogP contribution in [0.3, 0.4) is 0 Å². The third-order valence-electron chi connectivity index (χ3n) is 14.6. The zero-order chi connectivity index (χ0) is 33.6. The topological polar surface area (TPSA) is 3.24 Å². The van der Waals surface area contributed by atoms with Gasteiger partial charge in [-0.25, -0.2) is 0 Å². The zero-order valence-electron chi connectivity index (χ0n) is 29.4. The average Bonchev–Trinajstić information content (AvgIpc) is 3.64. The van der Waals surface area contributed by atoms with Crippen molar-refractivity contribution in [2.45, 2.75) is 56.8 Å². The predicted octanol–water partition coefficient (Wildman–Crippen LogP) is 13.4. The maximum absolute atomic E-state index is 2.61. The van der Waals surface area contributed by atoms with Gasteiger partial charge in [0.15, 0.2) is 0 Å². The van der Waals surface area contributed by atoms with Gasteiger partial charge < -0.3 is 4.90 Å². The van der Waals surface area contributed by atoms with E-state index in [4.69, 9.17) is 0 Å². The van der Waals surface area contributed by atoms with Gasteiger partial charge in [-0.05, 0) is 146 Å². The Morgan fingerprint density at radius 1 is 0.529 bits per heavy atom. The number of anilines is 3. The number of benzene rings is 7. The molecule has 51 heavy (non-hydrogen) atoms.